The van der Waals surface area contributed by atoms with E-state index in [1.54, 1.807) is 4.90 Å². The summed E-state index contributed by atoms with van der Waals surface area (Å²) in [5, 5.41) is 0. The molecule has 6 heteroatoms. The fraction of sp³-hybridized carbons (Fsp3) is 0.500. The Hall–Kier alpha value is -0.200. The molecule has 0 aliphatic carbocycles. The Kier molecular flexibility index (Phi) is 4.61. The van der Waals surface area contributed by atoms with Gasteiger partial charge in [0.2, 0.25) is 0 Å². The van der Waals surface area contributed by atoms with Gasteiger partial charge in [0.1, 0.15) is 5.78 Å². The summed E-state index contributed by atoms with van der Waals surface area (Å²) in [6.45, 7) is 3.08. The maximum Gasteiger partial charge on any atom is 0.255 e. The number of carbonyl (C=O) groups excluding carboxylic acids is 2. The number of thiophene rings is 1. The van der Waals surface area contributed by atoms with Crippen molar-refractivity contribution in [3.05, 3.63) is 19.2 Å². The largest absolute Gasteiger partial charge is 0.337 e. The standard InChI is InChI=1S/C12H13Br2NO2S/c1-2-7-6-15(4-3-9(7)16)12(17)8-5-10(13)18-11(8)14/h5,7H,2-4,6H2,1H3. The Balaban J connectivity index is 2.15. The molecule has 1 aliphatic rings. The molecule has 0 N–H and O–H groups in total. The van der Waals surface area contributed by atoms with Crippen LogP contribution in [0.5, 0.6) is 0 Å². The van der Waals surface area contributed by atoms with E-state index in [9.17, 15) is 9.59 Å². The second-order valence-corrected chi connectivity index (χ2v) is 8.06. The monoisotopic (exact) mass is 393 g/mol. The molecule has 1 atom stereocenters. The molecule has 0 aromatic carbocycles. The molecule has 18 heavy (non-hydrogen) atoms. The molecule has 1 fully saturated rings. The highest BCUT2D eigenvalue weighted by atomic mass is 79.9. The first-order valence-electron chi connectivity index (χ1n) is 5.79. The lowest BCUT2D eigenvalue weighted by Crippen LogP contribution is -2.43. The number of piperidine rings is 1. The summed E-state index contributed by atoms with van der Waals surface area (Å²) < 4.78 is 1.77. The number of ketones is 1. The van der Waals surface area contributed by atoms with Gasteiger partial charge in [0.05, 0.1) is 13.1 Å². The number of hydrogen-bond donors (Lipinski definition) is 0. The summed E-state index contributed by atoms with van der Waals surface area (Å²) in [6.07, 6.45) is 1.28. The maximum atomic E-state index is 12.4. The Bertz CT molecular complexity index is 486. The topological polar surface area (TPSA) is 37.4 Å². The lowest BCUT2D eigenvalue weighted by Gasteiger charge is -2.31. The first kappa shape index (κ1) is 14.2. The summed E-state index contributed by atoms with van der Waals surface area (Å²) in [7, 11) is 0. The van der Waals surface area contributed by atoms with Gasteiger partial charge in [-0.2, -0.15) is 0 Å². The molecule has 3 nitrogen and oxygen atoms in total. The van der Waals surface area contributed by atoms with Gasteiger partial charge in [-0.05, 0) is 44.3 Å². The van der Waals surface area contributed by atoms with Gasteiger partial charge in [-0.1, -0.05) is 6.92 Å². The number of rotatable bonds is 2. The summed E-state index contributed by atoms with van der Waals surface area (Å²) in [5.74, 6) is 0.297. The minimum absolute atomic E-state index is 0.00329. The summed E-state index contributed by atoms with van der Waals surface area (Å²) in [4.78, 5) is 25.8. The normalized spacial score (nSPS) is 20.3. The van der Waals surface area contributed by atoms with Crippen LogP contribution in [0.1, 0.15) is 30.1 Å². The van der Waals surface area contributed by atoms with Crippen molar-refractivity contribution in [1.82, 2.24) is 4.90 Å². The van der Waals surface area contributed by atoms with E-state index in [0.717, 1.165) is 14.0 Å². The Labute approximate surface area is 127 Å². The molecule has 1 aliphatic heterocycles. The third-order valence-electron chi connectivity index (χ3n) is 3.19. The highest BCUT2D eigenvalue weighted by Gasteiger charge is 2.30. The van der Waals surface area contributed by atoms with Crippen molar-refractivity contribution in [3.8, 4) is 0 Å². The van der Waals surface area contributed by atoms with Crippen LogP contribution >= 0.6 is 43.2 Å². The molecule has 1 saturated heterocycles. The van der Waals surface area contributed by atoms with Crippen LogP contribution in [0.4, 0.5) is 0 Å². The van der Waals surface area contributed by atoms with E-state index in [1.165, 1.54) is 11.3 Å². The Morgan fingerprint density at radius 1 is 1.56 bits per heavy atom. The summed E-state index contributed by atoms with van der Waals surface area (Å²) in [6, 6.07) is 1.83. The predicted octanol–water partition coefficient (Wildman–Crippen LogP) is 3.71. The number of likely N-dealkylation sites (tertiary alicyclic amines) is 1. The minimum atomic E-state index is 0.00329. The SMILES string of the molecule is CCC1CN(C(=O)c2cc(Br)sc2Br)CCC1=O. The van der Waals surface area contributed by atoms with Crippen LogP contribution in [0.15, 0.2) is 13.6 Å². The van der Waals surface area contributed by atoms with E-state index in [-0.39, 0.29) is 17.6 Å². The molecule has 0 spiro atoms. The molecule has 1 aromatic heterocycles. The predicted molar refractivity (Wildman–Crippen MR) is 79.0 cm³/mol. The quantitative estimate of drug-likeness (QED) is 0.766. The van der Waals surface area contributed by atoms with Gasteiger partial charge < -0.3 is 4.90 Å². The highest BCUT2D eigenvalue weighted by molar-refractivity contribution is 9.12. The smallest absolute Gasteiger partial charge is 0.255 e. The molecule has 1 aromatic rings. The average molecular weight is 395 g/mol. The van der Waals surface area contributed by atoms with Gasteiger partial charge in [-0.25, -0.2) is 0 Å². The first-order chi connectivity index (χ1) is 8.52. The lowest BCUT2D eigenvalue weighted by atomic mass is 9.94. The van der Waals surface area contributed by atoms with Crippen molar-refractivity contribution < 1.29 is 9.59 Å². The maximum absolute atomic E-state index is 12.4. The minimum Gasteiger partial charge on any atom is -0.337 e. The molecule has 0 bridgehead atoms. The molecule has 98 valence electrons. The number of nitrogens with zero attached hydrogens (tertiary/aromatic N) is 1. The third-order valence-corrected chi connectivity index (χ3v) is 5.53. The Morgan fingerprint density at radius 2 is 2.28 bits per heavy atom. The molecular weight excluding hydrogens is 382 g/mol. The van der Waals surface area contributed by atoms with E-state index in [2.05, 4.69) is 31.9 Å². The zero-order chi connectivity index (χ0) is 13.3. The second kappa shape index (κ2) is 5.84. The van der Waals surface area contributed by atoms with Crippen molar-refractivity contribution >= 4 is 54.9 Å². The van der Waals surface area contributed by atoms with Crippen LogP contribution in [0.25, 0.3) is 0 Å². The van der Waals surface area contributed by atoms with Crippen molar-refractivity contribution in [2.24, 2.45) is 5.92 Å². The van der Waals surface area contributed by atoms with Crippen LogP contribution in [0.3, 0.4) is 0 Å². The van der Waals surface area contributed by atoms with Crippen LogP contribution in [0, 0.1) is 5.92 Å². The third kappa shape index (κ3) is 2.86. The van der Waals surface area contributed by atoms with Gasteiger partial charge in [0, 0.05) is 25.4 Å². The number of halogens is 2. The summed E-state index contributed by atoms with van der Waals surface area (Å²) in [5.41, 5.74) is 0.677. The molecular formula is C12H13Br2NO2S. The summed E-state index contributed by atoms with van der Waals surface area (Å²) >= 11 is 8.26. The number of amides is 1. The Morgan fingerprint density at radius 3 is 2.83 bits per heavy atom. The van der Waals surface area contributed by atoms with Gasteiger partial charge in [0.15, 0.2) is 0 Å². The highest BCUT2D eigenvalue weighted by Crippen LogP contribution is 2.33. The number of carbonyl (C=O) groups is 2. The fourth-order valence-electron chi connectivity index (χ4n) is 2.11. The van der Waals surface area contributed by atoms with E-state index in [1.807, 2.05) is 13.0 Å². The molecule has 0 saturated carbocycles. The van der Waals surface area contributed by atoms with Crippen molar-refractivity contribution in [3.63, 3.8) is 0 Å². The van der Waals surface area contributed by atoms with Gasteiger partial charge >= 0.3 is 0 Å². The lowest BCUT2D eigenvalue weighted by molar-refractivity contribution is -0.125. The number of Topliss-reactive ketones (excluding diaryl/α,β-unsaturated/α-hetero) is 1. The van der Waals surface area contributed by atoms with Gasteiger partial charge in [0.25, 0.3) is 5.91 Å². The first-order valence-corrected chi connectivity index (χ1v) is 8.20. The van der Waals surface area contributed by atoms with E-state index < -0.39 is 0 Å². The van der Waals surface area contributed by atoms with E-state index in [4.69, 9.17) is 0 Å². The van der Waals surface area contributed by atoms with Crippen molar-refractivity contribution in [2.45, 2.75) is 19.8 Å². The van der Waals surface area contributed by atoms with Crippen LogP contribution in [-0.2, 0) is 4.79 Å². The fourth-order valence-corrected chi connectivity index (χ4v) is 4.88. The zero-order valence-corrected chi connectivity index (χ0v) is 13.9. The average Bonchev–Trinajstić information content (AvgIpc) is 2.68. The van der Waals surface area contributed by atoms with Gasteiger partial charge in [-0.15, -0.1) is 11.3 Å². The van der Waals surface area contributed by atoms with Crippen LogP contribution in [-0.4, -0.2) is 29.7 Å². The molecule has 2 heterocycles. The molecule has 0 radical (unpaired) electrons. The van der Waals surface area contributed by atoms with Gasteiger partial charge in [-0.3, -0.25) is 9.59 Å². The molecule has 1 amide bonds. The second-order valence-electron chi connectivity index (χ2n) is 4.31. The molecule has 2 rings (SSSR count). The van der Waals surface area contributed by atoms with Crippen molar-refractivity contribution in [1.29, 1.82) is 0 Å². The van der Waals surface area contributed by atoms with E-state index >= 15 is 0 Å². The zero-order valence-electron chi connectivity index (χ0n) is 9.91. The van der Waals surface area contributed by atoms with Crippen LogP contribution in [0.2, 0.25) is 0 Å². The van der Waals surface area contributed by atoms with Crippen molar-refractivity contribution in [2.75, 3.05) is 13.1 Å². The van der Waals surface area contributed by atoms with Crippen LogP contribution < -0.4 is 0 Å². The van der Waals surface area contributed by atoms with E-state index in [0.29, 0.717) is 25.1 Å². The molecule has 1 unspecified atom stereocenters. The number of hydrogen-bond acceptors (Lipinski definition) is 3.